The highest BCUT2D eigenvalue weighted by molar-refractivity contribution is 7.98. The molecule has 27 heavy (non-hydrogen) atoms. The quantitative estimate of drug-likeness (QED) is 0.631. The summed E-state index contributed by atoms with van der Waals surface area (Å²) >= 11 is 1.56. The molecule has 0 aliphatic rings. The summed E-state index contributed by atoms with van der Waals surface area (Å²) in [5, 5.41) is 2.80. The molecule has 0 spiro atoms. The number of amides is 1. The first-order valence-electron chi connectivity index (χ1n) is 8.43. The zero-order valence-corrected chi connectivity index (χ0v) is 17.0. The number of ether oxygens (including phenoxy) is 1. The van der Waals surface area contributed by atoms with Crippen LogP contribution in [0, 0.1) is 0 Å². The van der Waals surface area contributed by atoms with Crippen molar-refractivity contribution in [3.8, 4) is 5.75 Å². The molecule has 8 heteroatoms. The molecular formula is C19H24N2O4S2. The second-order valence-electron chi connectivity index (χ2n) is 5.83. The molecule has 2 rings (SSSR count). The zero-order valence-electron chi connectivity index (χ0n) is 15.3. The second kappa shape index (κ2) is 10.3. The van der Waals surface area contributed by atoms with Gasteiger partial charge in [-0.3, -0.25) is 4.79 Å². The predicted molar refractivity (Wildman–Crippen MR) is 108 cm³/mol. The molecule has 0 heterocycles. The lowest BCUT2D eigenvalue weighted by atomic mass is 10.2. The van der Waals surface area contributed by atoms with E-state index in [9.17, 15) is 13.2 Å². The van der Waals surface area contributed by atoms with Gasteiger partial charge in [-0.25, -0.2) is 8.42 Å². The molecule has 0 aliphatic heterocycles. The number of benzene rings is 2. The Hall–Kier alpha value is -2.03. The van der Waals surface area contributed by atoms with Crippen molar-refractivity contribution in [3.05, 3.63) is 60.2 Å². The first kappa shape index (κ1) is 21.3. The lowest BCUT2D eigenvalue weighted by molar-refractivity contribution is -0.122. The lowest BCUT2D eigenvalue weighted by Crippen LogP contribution is -2.46. The van der Waals surface area contributed by atoms with E-state index in [4.69, 9.17) is 4.74 Å². The third-order valence-corrected chi connectivity index (χ3v) is 6.04. The Balaban J connectivity index is 2.04. The molecule has 0 unspecified atom stereocenters. The number of nitrogens with one attached hydrogen (secondary N) is 2. The third kappa shape index (κ3) is 6.57. The van der Waals surface area contributed by atoms with E-state index in [0.29, 0.717) is 18.7 Å². The van der Waals surface area contributed by atoms with Crippen LogP contribution in [-0.4, -0.2) is 39.5 Å². The fourth-order valence-electron chi connectivity index (χ4n) is 2.39. The monoisotopic (exact) mass is 408 g/mol. The number of sulfonamides is 1. The summed E-state index contributed by atoms with van der Waals surface area (Å²) in [6.07, 6.45) is 2.32. The summed E-state index contributed by atoms with van der Waals surface area (Å²) in [7, 11) is -2.17. The Kier molecular flexibility index (Phi) is 8.15. The Morgan fingerprint density at radius 2 is 1.78 bits per heavy atom. The van der Waals surface area contributed by atoms with Gasteiger partial charge in [0.25, 0.3) is 0 Å². The van der Waals surface area contributed by atoms with Gasteiger partial charge in [-0.15, -0.1) is 0 Å². The minimum Gasteiger partial charge on any atom is -0.497 e. The average Bonchev–Trinajstić information content (AvgIpc) is 2.70. The van der Waals surface area contributed by atoms with E-state index < -0.39 is 16.1 Å². The number of carbonyl (C=O) groups is 1. The van der Waals surface area contributed by atoms with Gasteiger partial charge in [-0.05, 0) is 48.3 Å². The van der Waals surface area contributed by atoms with Crippen LogP contribution < -0.4 is 14.8 Å². The van der Waals surface area contributed by atoms with E-state index in [-0.39, 0.29) is 10.8 Å². The topological polar surface area (TPSA) is 84.5 Å². The lowest BCUT2D eigenvalue weighted by Gasteiger charge is -2.18. The van der Waals surface area contributed by atoms with Gasteiger partial charge in [0.2, 0.25) is 15.9 Å². The number of rotatable bonds is 10. The summed E-state index contributed by atoms with van der Waals surface area (Å²) in [5.74, 6) is 1.05. The highest BCUT2D eigenvalue weighted by Crippen LogP contribution is 2.12. The van der Waals surface area contributed by atoms with Crippen molar-refractivity contribution in [3.63, 3.8) is 0 Å². The summed E-state index contributed by atoms with van der Waals surface area (Å²) in [4.78, 5) is 12.7. The number of hydrogen-bond donors (Lipinski definition) is 2. The summed E-state index contributed by atoms with van der Waals surface area (Å²) in [6.45, 7) is 0.311. The van der Waals surface area contributed by atoms with Gasteiger partial charge in [0, 0.05) is 6.54 Å². The van der Waals surface area contributed by atoms with Crippen LogP contribution >= 0.6 is 11.8 Å². The largest absolute Gasteiger partial charge is 0.497 e. The maximum Gasteiger partial charge on any atom is 0.241 e. The number of methoxy groups -OCH3 is 1. The minimum atomic E-state index is -3.76. The van der Waals surface area contributed by atoms with Crippen LogP contribution in [-0.2, 0) is 21.4 Å². The molecule has 0 aromatic heterocycles. The van der Waals surface area contributed by atoms with E-state index >= 15 is 0 Å². The molecule has 2 aromatic carbocycles. The molecule has 0 saturated heterocycles. The van der Waals surface area contributed by atoms with Crippen molar-refractivity contribution in [2.45, 2.75) is 23.9 Å². The maximum absolute atomic E-state index is 12.6. The van der Waals surface area contributed by atoms with Gasteiger partial charge in [-0.1, -0.05) is 30.3 Å². The highest BCUT2D eigenvalue weighted by Gasteiger charge is 2.25. The molecule has 6 nitrogen and oxygen atoms in total. The Labute approximate surface area is 164 Å². The van der Waals surface area contributed by atoms with Crippen molar-refractivity contribution >= 4 is 27.7 Å². The second-order valence-corrected chi connectivity index (χ2v) is 8.53. The number of carbonyl (C=O) groups excluding carboxylic acids is 1. The van der Waals surface area contributed by atoms with E-state index in [0.717, 1.165) is 11.3 Å². The molecule has 1 atom stereocenters. The van der Waals surface area contributed by atoms with Crippen LogP contribution in [0.2, 0.25) is 0 Å². The molecule has 0 saturated carbocycles. The minimum absolute atomic E-state index is 0.141. The average molecular weight is 409 g/mol. The van der Waals surface area contributed by atoms with Crippen LogP contribution in [0.3, 0.4) is 0 Å². The van der Waals surface area contributed by atoms with Gasteiger partial charge in [0.05, 0.1) is 12.0 Å². The molecular weight excluding hydrogens is 384 g/mol. The smallest absolute Gasteiger partial charge is 0.241 e. The molecule has 0 radical (unpaired) electrons. The van der Waals surface area contributed by atoms with Crippen LogP contribution in [0.15, 0.2) is 59.5 Å². The standard InChI is InChI=1S/C19H24N2O4S2/c1-25-16-10-8-15(9-11-16)14-20-19(22)18(12-13-26-2)21-27(23,24)17-6-4-3-5-7-17/h3-11,18,21H,12-14H2,1-2H3,(H,20,22)/t18-/m1/s1. The first-order chi connectivity index (χ1) is 13.0. The Bertz CT molecular complexity index is 825. The maximum atomic E-state index is 12.6. The molecule has 0 fully saturated rings. The van der Waals surface area contributed by atoms with E-state index in [2.05, 4.69) is 10.0 Å². The van der Waals surface area contributed by atoms with Crippen LogP contribution in [0.1, 0.15) is 12.0 Å². The van der Waals surface area contributed by atoms with Gasteiger partial charge in [0.1, 0.15) is 11.8 Å². The zero-order chi connectivity index (χ0) is 19.7. The summed E-state index contributed by atoms with van der Waals surface area (Å²) < 4.78 is 32.7. The van der Waals surface area contributed by atoms with Crippen molar-refractivity contribution in [1.29, 1.82) is 0 Å². The Morgan fingerprint density at radius 3 is 2.37 bits per heavy atom. The Morgan fingerprint density at radius 1 is 1.11 bits per heavy atom. The van der Waals surface area contributed by atoms with Gasteiger partial charge in [0.15, 0.2) is 0 Å². The van der Waals surface area contributed by atoms with Crippen molar-refractivity contribution in [2.24, 2.45) is 0 Å². The van der Waals surface area contributed by atoms with Crippen molar-refractivity contribution in [1.82, 2.24) is 10.0 Å². The van der Waals surface area contributed by atoms with Gasteiger partial charge >= 0.3 is 0 Å². The summed E-state index contributed by atoms with van der Waals surface area (Å²) in [6, 6.07) is 14.5. The predicted octanol–water partition coefficient (Wildman–Crippen LogP) is 2.41. The van der Waals surface area contributed by atoms with E-state index in [1.807, 2.05) is 30.5 Å². The summed E-state index contributed by atoms with van der Waals surface area (Å²) in [5.41, 5.74) is 0.902. The third-order valence-electron chi connectivity index (χ3n) is 3.90. The molecule has 0 aliphatic carbocycles. The fourth-order valence-corrected chi connectivity index (χ4v) is 4.11. The molecule has 1 amide bonds. The van der Waals surface area contributed by atoms with Crippen LogP contribution in [0.4, 0.5) is 0 Å². The fraction of sp³-hybridized carbons (Fsp3) is 0.316. The SMILES string of the molecule is COc1ccc(CNC(=O)[C@@H](CCSC)NS(=O)(=O)c2ccccc2)cc1. The van der Waals surface area contributed by atoms with Gasteiger partial charge in [-0.2, -0.15) is 16.5 Å². The van der Waals surface area contributed by atoms with E-state index in [1.54, 1.807) is 37.1 Å². The van der Waals surface area contributed by atoms with Crippen LogP contribution in [0.25, 0.3) is 0 Å². The number of thioether (sulfide) groups is 1. The van der Waals surface area contributed by atoms with Crippen molar-refractivity contribution in [2.75, 3.05) is 19.1 Å². The molecule has 2 N–H and O–H groups in total. The van der Waals surface area contributed by atoms with Gasteiger partial charge < -0.3 is 10.1 Å². The molecule has 2 aromatic rings. The first-order valence-corrected chi connectivity index (χ1v) is 11.3. The van der Waals surface area contributed by atoms with Crippen LogP contribution in [0.5, 0.6) is 5.75 Å². The highest BCUT2D eigenvalue weighted by atomic mass is 32.2. The molecule has 0 bridgehead atoms. The van der Waals surface area contributed by atoms with E-state index in [1.165, 1.54) is 12.1 Å². The van der Waals surface area contributed by atoms with Crippen molar-refractivity contribution < 1.29 is 17.9 Å². The normalized spacial score (nSPS) is 12.4. The molecule has 146 valence electrons. The number of hydrogen-bond acceptors (Lipinski definition) is 5.